The molecule has 0 amide bonds. The second kappa shape index (κ2) is 10.5. The van der Waals surface area contributed by atoms with Gasteiger partial charge in [0, 0.05) is 32.7 Å². The Bertz CT molecular complexity index is 2850. The standard InChI is InChI=1S/C43H25N3O2/c1-2-11-26(12-3-1)27-14-10-15-29(23-27)41-44-42(30-21-22-34-32-17-6-8-19-36(32)47-38(34)25-30)46-43(45-41)39-31-16-5-4-13-28(31)24-35-33-18-7-9-20-37(33)48-40(35)39/h1-25H. The van der Waals surface area contributed by atoms with E-state index < -0.39 is 0 Å². The SMILES string of the molecule is c1ccc(-c2cccc(-c3nc(-c4ccc5c(c4)oc4ccccc45)nc(-c4c5ccccc5cc5c4oc4ccccc45)n3)c2)cc1. The fourth-order valence-electron chi connectivity index (χ4n) is 6.82. The summed E-state index contributed by atoms with van der Waals surface area (Å²) in [6, 6.07) is 51.7. The lowest BCUT2D eigenvalue weighted by atomic mass is 9.99. The number of rotatable bonds is 4. The minimum Gasteiger partial charge on any atom is -0.456 e. The third-order valence-electron chi connectivity index (χ3n) is 9.11. The van der Waals surface area contributed by atoms with Crippen molar-refractivity contribution < 1.29 is 8.83 Å². The first-order valence-corrected chi connectivity index (χ1v) is 15.9. The molecule has 0 aliphatic heterocycles. The number of nitrogens with zero attached hydrogens (tertiary/aromatic N) is 3. The van der Waals surface area contributed by atoms with Crippen molar-refractivity contribution in [1.29, 1.82) is 0 Å². The van der Waals surface area contributed by atoms with Gasteiger partial charge in [0.15, 0.2) is 17.5 Å². The third-order valence-corrected chi connectivity index (χ3v) is 9.11. The van der Waals surface area contributed by atoms with Gasteiger partial charge >= 0.3 is 0 Å². The van der Waals surface area contributed by atoms with Gasteiger partial charge in [0.25, 0.3) is 0 Å². The number of aromatic nitrogens is 3. The first-order valence-electron chi connectivity index (χ1n) is 15.9. The van der Waals surface area contributed by atoms with Crippen LogP contribution in [0, 0.1) is 0 Å². The van der Waals surface area contributed by atoms with Crippen molar-refractivity contribution in [1.82, 2.24) is 15.0 Å². The van der Waals surface area contributed by atoms with E-state index in [4.69, 9.17) is 23.8 Å². The lowest BCUT2D eigenvalue weighted by molar-refractivity contribution is 0.668. The van der Waals surface area contributed by atoms with E-state index in [0.717, 1.165) is 82.5 Å². The average Bonchev–Trinajstić information content (AvgIpc) is 3.72. The van der Waals surface area contributed by atoms with Crippen molar-refractivity contribution in [3.8, 4) is 45.3 Å². The van der Waals surface area contributed by atoms with Crippen LogP contribution in [0.1, 0.15) is 0 Å². The number of furan rings is 2. The summed E-state index contributed by atoms with van der Waals surface area (Å²) in [6.07, 6.45) is 0. The van der Waals surface area contributed by atoms with Gasteiger partial charge in [-0.05, 0) is 58.3 Å². The zero-order valence-corrected chi connectivity index (χ0v) is 25.6. The summed E-state index contributed by atoms with van der Waals surface area (Å²) in [6.45, 7) is 0. The second-order valence-corrected chi connectivity index (χ2v) is 12.0. The molecular weight excluding hydrogens is 590 g/mol. The van der Waals surface area contributed by atoms with Gasteiger partial charge in [-0.25, -0.2) is 15.0 Å². The zero-order valence-electron chi connectivity index (χ0n) is 25.6. The summed E-state index contributed by atoms with van der Waals surface area (Å²) in [5.41, 5.74) is 8.00. The summed E-state index contributed by atoms with van der Waals surface area (Å²) >= 11 is 0. The molecular formula is C43H25N3O2. The molecule has 10 rings (SSSR count). The molecule has 5 heteroatoms. The first kappa shape index (κ1) is 26.6. The molecule has 3 heterocycles. The minimum absolute atomic E-state index is 0.547. The van der Waals surface area contributed by atoms with Crippen molar-refractivity contribution in [3.63, 3.8) is 0 Å². The van der Waals surface area contributed by atoms with Gasteiger partial charge in [0.2, 0.25) is 0 Å². The molecule has 0 fully saturated rings. The number of fused-ring (bicyclic) bond motifs is 7. The predicted molar refractivity (Wildman–Crippen MR) is 194 cm³/mol. The van der Waals surface area contributed by atoms with Gasteiger partial charge in [-0.2, -0.15) is 0 Å². The van der Waals surface area contributed by atoms with Gasteiger partial charge in [0.1, 0.15) is 22.3 Å². The van der Waals surface area contributed by atoms with Crippen LogP contribution in [0.25, 0.3) is 99.9 Å². The summed E-state index contributed by atoms with van der Waals surface area (Å²) in [4.78, 5) is 15.5. The third kappa shape index (κ3) is 4.22. The van der Waals surface area contributed by atoms with Crippen LogP contribution in [0.4, 0.5) is 0 Å². The van der Waals surface area contributed by atoms with Crippen LogP contribution in [-0.4, -0.2) is 15.0 Å². The maximum absolute atomic E-state index is 6.59. The van der Waals surface area contributed by atoms with E-state index in [1.807, 2.05) is 54.6 Å². The highest BCUT2D eigenvalue weighted by molar-refractivity contribution is 6.17. The van der Waals surface area contributed by atoms with Gasteiger partial charge in [-0.3, -0.25) is 0 Å². The van der Waals surface area contributed by atoms with E-state index in [1.54, 1.807) is 0 Å². The molecule has 0 radical (unpaired) electrons. The minimum atomic E-state index is 0.547. The Morgan fingerprint density at radius 1 is 0.333 bits per heavy atom. The summed E-state index contributed by atoms with van der Waals surface area (Å²) in [5.74, 6) is 1.68. The normalized spacial score (nSPS) is 11.8. The van der Waals surface area contributed by atoms with E-state index in [1.165, 1.54) is 0 Å². The van der Waals surface area contributed by atoms with E-state index in [9.17, 15) is 0 Å². The highest BCUT2D eigenvalue weighted by atomic mass is 16.3. The number of para-hydroxylation sites is 2. The Hall–Kier alpha value is -6.59. The maximum atomic E-state index is 6.59. The van der Waals surface area contributed by atoms with Crippen LogP contribution < -0.4 is 0 Å². The molecule has 0 N–H and O–H groups in total. The number of hydrogen-bond acceptors (Lipinski definition) is 5. The quantitative estimate of drug-likeness (QED) is 0.197. The lowest BCUT2D eigenvalue weighted by Crippen LogP contribution is -2.01. The molecule has 10 aromatic rings. The van der Waals surface area contributed by atoms with Crippen LogP contribution in [0.3, 0.4) is 0 Å². The van der Waals surface area contributed by atoms with Gasteiger partial charge in [-0.15, -0.1) is 0 Å². The van der Waals surface area contributed by atoms with E-state index >= 15 is 0 Å². The van der Waals surface area contributed by atoms with Crippen molar-refractivity contribution in [2.24, 2.45) is 0 Å². The van der Waals surface area contributed by atoms with Gasteiger partial charge in [-0.1, -0.05) is 115 Å². The molecule has 0 saturated heterocycles. The second-order valence-electron chi connectivity index (χ2n) is 12.0. The molecule has 3 aromatic heterocycles. The van der Waals surface area contributed by atoms with E-state index in [-0.39, 0.29) is 0 Å². The maximum Gasteiger partial charge on any atom is 0.168 e. The Kier molecular flexibility index (Phi) is 5.81. The molecule has 7 aromatic carbocycles. The zero-order chi connectivity index (χ0) is 31.6. The molecule has 0 aliphatic carbocycles. The van der Waals surface area contributed by atoms with Crippen LogP contribution in [0.2, 0.25) is 0 Å². The van der Waals surface area contributed by atoms with Crippen molar-refractivity contribution in [2.75, 3.05) is 0 Å². The largest absolute Gasteiger partial charge is 0.456 e. The highest BCUT2D eigenvalue weighted by Crippen LogP contribution is 2.41. The van der Waals surface area contributed by atoms with Gasteiger partial charge in [0.05, 0.1) is 5.56 Å². The number of benzene rings is 7. The van der Waals surface area contributed by atoms with E-state index in [0.29, 0.717) is 17.5 Å². The summed E-state index contributed by atoms with van der Waals surface area (Å²) in [7, 11) is 0. The molecule has 0 aliphatic rings. The Morgan fingerprint density at radius 3 is 1.73 bits per heavy atom. The highest BCUT2D eigenvalue weighted by Gasteiger charge is 2.21. The molecule has 5 nitrogen and oxygen atoms in total. The predicted octanol–water partition coefficient (Wildman–Crippen LogP) is 11.5. The van der Waals surface area contributed by atoms with E-state index in [2.05, 4.69) is 97.1 Å². The van der Waals surface area contributed by atoms with Crippen LogP contribution >= 0.6 is 0 Å². The topological polar surface area (TPSA) is 65.0 Å². The lowest BCUT2D eigenvalue weighted by Gasteiger charge is -2.12. The average molecular weight is 616 g/mol. The smallest absolute Gasteiger partial charge is 0.168 e. The van der Waals surface area contributed by atoms with Gasteiger partial charge < -0.3 is 8.83 Å². The molecule has 0 bridgehead atoms. The Morgan fingerprint density at radius 2 is 0.917 bits per heavy atom. The molecule has 0 unspecified atom stereocenters. The van der Waals surface area contributed by atoms with Crippen LogP contribution in [0.15, 0.2) is 160 Å². The molecule has 0 atom stereocenters. The monoisotopic (exact) mass is 615 g/mol. The molecule has 0 saturated carbocycles. The Labute approximate surface area is 274 Å². The van der Waals surface area contributed by atoms with Crippen molar-refractivity contribution in [3.05, 3.63) is 152 Å². The molecule has 48 heavy (non-hydrogen) atoms. The Balaban J connectivity index is 1.26. The summed E-state index contributed by atoms with van der Waals surface area (Å²) < 4.78 is 12.9. The molecule has 224 valence electrons. The van der Waals surface area contributed by atoms with Crippen LogP contribution in [-0.2, 0) is 0 Å². The summed E-state index contributed by atoms with van der Waals surface area (Å²) in [5, 5.41) is 6.31. The fraction of sp³-hybridized carbons (Fsp3) is 0. The van der Waals surface area contributed by atoms with Crippen molar-refractivity contribution in [2.45, 2.75) is 0 Å². The first-order chi connectivity index (χ1) is 23.8. The number of hydrogen-bond donors (Lipinski definition) is 0. The van der Waals surface area contributed by atoms with Crippen LogP contribution in [0.5, 0.6) is 0 Å². The fourth-order valence-corrected chi connectivity index (χ4v) is 6.82. The van der Waals surface area contributed by atoms with Crippen molar-refractivity contribution >= 4 is 54.6 Å². The molecule has 0 spiro atoms.